The third kappa shape index (κ3) is 4.71. The van der Waals surface area contributed by atoms with Gasteiger partial charge in [-0.25, -0.2) is 4.98 Å². The number of benzene rings is 2. The fourth-order valence-corrected chi connectivity index (χ4v) is 3.78. The summed E-state index contributed by atoms with van der Waals surface area (Å²) >= 11 is 7.71. The van der Waals surface area contributed by atoms with Crippen LogP contribution in [0.15, 0.2) is 42.5 Å². The van der Waals surface area contributed by atoms with E-state index >= 15 is 0 Å². The Hall–Kier alpha value is -1.86. The van der Waals surface area contributed by atoms with Gasteiger partial charge in [-0.05, 0) is 38.4 Å². The molecule has 0 aliphatic carbocycles. The van der Waals surface area contributed by atoms with Crippen molar-refractivity contribution < 1.29 is 9.53 Å². The molecule has 8 heteroatoms. The predicted octanol–water partition coefficient (Wildman–Crippen LogP) is 4.59. The molecule has 2 aromatic carbocycles. The number of thiazole rings is 1. The number of fused-ring (bicyclic) bond motifs is 1. The third-order valence-electron chi connectivity index (χ3n) is 3.94. The zero-order valence-electron chi connectivity index (χ0n) is 15.3. The SMILES string of the molecule is COc1cccc2sc(N(CCN(C)C)C(=O)c3ccccc3Cl)nc12.Cl. The molecule has 0 N–H and O–H groups in total. The number of para-hydroxylation sites is 1. The molecule has 1 aromatic heterocycles. The van der Waals surface area contributed by atoms with E-state index < -0.39 is 0 Å². The van der Waals surface area contributed by atoms with E-state index in [1.807, 2.05) is 49.3 Å². The molecule has 0 aliphatic heterocycles. The number of ether oxygens (including phenoxy) is 1. The molecule has 0 unspecified atom stereocenters. The number of rotatable bonds is 6. The first kappa shape index (κ1) is 21.4. The molecule has 0 aliphatic rings. The summed E-state index contributed by atoms with van der Waals surface area (Å²) in [5.41, 5.74) is 1.23. The Labute approximate surface area is 173 Å². The molecule has 0 atom stereocenters. The van der Waals surface area contributed by atoms with Crippen LogP contribution in [0.3, 0.4) is 0 Å². The first-order valence-corrected chi connectivity index (χ1v) is 9.35. The molecule has 5 nitrogen and oxygen atoms in total. The van der Waals surface area contributed by atoms with Crippen LogP contribution in [0.5, 0.6) is 5.75 Å². The third-order valence-corrected chi connectivity index (χ3v) is 5.31. The van der Waals surface area contributed by atoms with Crippen molar-refractivity contribution in [1.29, 1.82) is 0 Å². The van der Waals surface area contributed by atoms with Gasteiger partial charge < -0.3 is 9.64 Å². The summed E-state index contributed by atoms with van der Waals surface area (Å²) in [6.07, 6.45) is 0. The van der Waals surface area contributed by atoms with Crippen molar-refractivity contribution in [3.63, 3.8) is 0 Å². The predicted molar refractivity (Wildman–Crippen MR) is 115 cm³/mol. The lowest BCUT2D eigenvalue weighted by Crippen LogP contribution is -2.36. The number of anilines is 1. The van der Waals surface area contributed by atoms with Crippen molar-refractivity contribution in [2.75, 3.05) is 39.2 Å². The lowest BCUT2D eigenvalue weighted by molar-refractivity contribution is 0.0985. The highest BCUT2D eigenvalue weighted by Gasteiger charge is 2.23. The smallest absolute Gasteiger partial charge is 0.261 e. The molecule has 0 bridgehead atoms. The van der Waals surface area contributed by atoms with Crippen molar-refractivity contribution >= 4 is 56.6 Å². The second-order valence-corrected chi connectivity index (χ2v) is 7.46. The second-order valence-electron chi connectivity index (χ2n) is 6.04. The Morgan fingerprint density at radius 1 is 1.15 bits per heavy atom. The standard InChI is InChI=1S/C19H20ClN3O2S.ClH/c1-22(2)11-12-23(18(24)13-7-4-5-8-14(13)20)19-21-17-15(25-3)9-6-10-16(17)26-19;/h4-10H,11-12H2,1-3H3;1H. The average Bonchev–Trinajstić information content (AvgIpc) is 3.05. The topological polar surface area (TPSA) is 45.7 Å². The molecule has 0 spiro atoms. The molecule has 0 saturated heterocycles. The van der Waals surface area contributed by atoms with E-state index in [1.54, 1.807) is 24.1 Å². The molecule has 0 saturated carbocycles. The van der Waals surface area contributed by atoms with Crippen molar-refractivity contribution in [2.45, 2.75) is 0 Å². The van der Waals surface area contributed by atoms with E-state index in [2.05, 4.69) is 4.98 Å². The minimum atomic E-state index is -0.157. The fourth-order valence-electron chi connectivity index (χ4n) is 2.56. The second kappa shape index (κ2) is 9.37. The highest BCUT2D eigenvalue weighted by molar-refractivity contribution is 7.22. The van der Waals surface area contributed by atoms with Crippen molar-refractivity contribution in [1.82, 2.24) is 9.88 Å². The number of hydrogen-bond acceptors (Lipinski definition) is 5. The number of hydrogen-bond donors (Lipinski definition) is 0. The van der Waals surface area contributed by atoms with Gasteiger partial charge in [0, 0.05) is 13.1 Å². The molecule has 144 valence electrons. The van der Waals surface area contributed by atoms with Crippen LogP contribution < -0.4 is 9.64 Å². The molecular weight excluding hydrogens is 405 g/mol. The van der Waals surface area contributed by atoms with Crippen molar-refractivity contribution in [3.05, 3.63) is 53.1 Å². The first-order chi connectivity index (χ1) is 12.5. The number of carbonyl (C=O) groups is 1. The minimum Gasteiger partial charge on any atom is -0.494 e. The molecule has 3 rings (SSSR count). The average molecular weight is 426 g/mol. The molecule has 1 amide bonds. The monoisotopic (exact) mass is 425 g/mol. The summed E-state index contributed by atoms with van der Waals surface area (Å²) in [5, 5.41) is 1.07. The Bertz CT molecular complexity index is 930. The summed E-state index contributed by atoms with van der Waals surface area (Å²) in [6, 6.07) is 12.8. The van der Waals surface area contributed by atoms with Gasteiger partial charge in [0.15, 0.2) is 5.13 Å². The van der Waals surface area contributed by atoms with Gasteiger partial charge in [-0.2, -0.15) is 0 Å². The maximum Gasteiger partial charge on any atom is 0.261 e. The Morgan fingerprint density at radius 2 is 1.89 bits per heavy atom. The zero-order valence-corrected chi connectivity index (χ0v) is 17.7. The Kier molecular flexibility index (Phi) is 7.44. The quantitative estimate of drug-likeness (QED) is 0.579. The van der Waals surface area contributed by atoms with Gasteiger partial charge >= 0.3 is 0 Å². The van der Waals surface area contributed by atoms with Gasteiger partial charge in [0.25, 0.3) is 5.91 Å². The van der Waals surface area contributed by atoms with E-state index in [0.29, 0.717) is 34.6 Å². The normalized spacial score (nSPS) is 10.7. The number of nitrogens with zero attached hydrogens (tertiary/aromatic N) is 3. The van der Waals surface area contributed by atoms with Gasteiger partial charge in [0.1, 0.15) is 11.3 Å². The first-order valence-electron chi connectivity index (χ1n) is 8.16. The Morgan fingerprint density at radius 3 is 2.56 bits per heavy atom. The summed E-state index contributed by atoms with van der Waals surface area (Å²) in [5.74, 6) is 0.540. The van der Waals surface area contributed by atoms with Gasteiger partial charge in [0.05, 0.1) is 22.4 Å². The van der Waals surface area contributed by atoms with Gasteiger partial charge in [-0.3, -0.25) is 9.69 Å². The molecule has 0 radical (unpaired) electrons. The van der Waals surface area contributed by atoms with Crippen LogP contribution in [0.2, 0.25) is 5.02 Å². The van der Waals surface area contributed by atoms with Crippen LogP contribution in [-0.2, 0) is 0 Å². The van der Waals surface area contributed by atoms with Crippen LogP contribution in [0.1, 0.15) is 10.4 Å². The summed E-state index contributed by atoms with van der Waals surface area (Å²) < 4.78 is 6.37. The highest BCUT2D eigenvalue weighted by Crippen LogP contribution is 2.35. The number of halogens is 2. The number of amides is 1. The maximum atomic E-state index is 13.2. The number of likely N-dealkylation sites (N-methyl/N-ethyl adjacent to an activating group) is 1. The van der Waals surface area contributed by atoms with Crippen LogP contribution >= 0.6 is 35.3 Å². The number of carbonyl (C=O) groups excluding carboxylic acids is 1. The van der Waals surface area contributed by atoms with Gasteiger partial charge in [-0.1, -0.05) is 41.1 Å². The number of aromatic nitrogens is 1. The molecule has 27 heavy (non-hydrogen) atoms. The van der Waals surface area contributed by atoms with E-state index in [9.17, 15) is 4.79 Å². The van der Waals surface area contributed by atoms with Crippen LogP contribution in [-0.4, -0.2) is 50.1 Å². The van der Waals surface area contributed by atoms with Crippen LogP contribution in [0.4, 0.5) is 5.13 Å². The highest BCUT2D eigenvalue weighted by atomic mass is 35.5. The van der Waals surface area contributed by atoms with Crippen molar-refractivity contribution in [2.24, 2.45) is 0 Å². The van der Waals surface area contributed by atoms with E-state index in [4.69, 9.17) is 16.3 Å². The molecule has 3 aromatic rings. The van der Waals surface area contributed by atoms with E-state index in [0.717, 1.165) is 10.2 Å². The lowest BCUT2D eigenvalue weighted by Gasteiger charge is -2.22. The van der Waals surface area contributed by atoms with E-state index in [-0.39, 0.29) is 18.3 Å². The minimum absolute atomic E-state index is 0. The largest absolute Gasteiger partial charge is 0.494 e. The molecular formula is C19H21Cl2N3O2S. The van der Waals surface area contributed by atoms with Crippen LogP contribution in [0.25, 0.3) is 10.2 Å². The summed E-state index contributed by atoms with van der Waals surface area (Å²) in [6.45, 7) is 1.22. The van der Waals surface area contributed by atoms with Crippen LogP contribution in [0, 0.1) is 0 Å². The maximum absolute atomic E-state index is 13.2. The lowest BCUT2D eigenvalue weighted by atomic mass is 10.2. The van der Waals surface area contributed by atoms with Crippen molar-refractivity contribution in [3.8, 4) is 5.75 Å². The van der Waals surface area contributed by atoms with E-state index in [1.165, 1.54) is 11.3 Å². The number of methoxy groups -OCH3 is 1. The summed E-state index contributed by atoms with van der Waals surface area (Å²) in [4.78, 5) is 21.6. The zero-order chi connectivity index (χ0) is 18.7. The van der Waals surface area contributed by atoms with Gasteiger partial charge in [-0.15, -0.1) is 12.4 Å². The molecule has 0 fully saturated rings. The summed E-state index contributed by atoms with van der Waals surface area (Å²) in [7, 11) is 5.56. The van der Waals surface area contributed by atoms with Gasteiger partial charge in [0.2, 0.25) is 0 Å². The fraction of sp³-hybridized carbons (Fsp3) is 0.263. The molecule has 1 heterocycles. The Balaban J connectivity index is 0.00000261.